The minimum Gasteiger partial charge on any atom is -0.393 e. The van der Waals surface area contributed by atoms with Gasteiger partial charge in [0, 0.05) is 25.7 Å². The summed E-state index contributed by atoms with van der Waals surface area (Å²) in [4.78, 5) is 17.3. The van der Waals surface area contributed by atoms with Gasteiger partial charge in [0.25, 0.3) is 5.91 Å². The molecule has 0 aliphatic heterocycles. The molecule has 0 spiro atoms. The maximum absolute atomic E-state index is 13.4. The molecule has 0 saturated heterocycles. The molecule has 0 saturated carbocycles. The molecule has 6 heteroatoms. The summed E-state index contributed by atoms with van der Waals surface area (Å²) in [6.07, 6.45) is 2.80. The Morgan fingerprint density at radius 1 is 1.71 bits per heavy atom. The molecule has 17 heavy (non-hydrogen) atoms. The van der Waals surface area contributed by atoms with Gasteiger partial charge in [0.1, 0.15) is 0 Å². The van der Waals surface area contributed by atoms with Crippen molar-refractivity contribution in [3.8, 4) is 0 Å². The van der Waals surface area contributed by atoms with Crippen LogP contribution in [-0.4, -0.2) is 33.9 Å². The fraction of sp³-hybridized carbons (Fsp3) is 0.364. The summed E-state index contributed by atoms with van der Waals surface area (Å²) in [5.41, 5.74) is 5.41. The second kappa shape index (κ2) is 5.67. The van der Waals surface area contributed by atoms with E-state index < -0.39 is 11.7 Å². The van der Waals surface area contributed by atoms with Crippen LogP contribution in [0.1, 0.15) is 23.7 Å². The predicted molar refractivity (Wildman–Crippen MR) is 67.2 cm³/mol. The summed E-state index contributed by atoms with van der Waals surface area (Å²) in [7, 11) is 1.59. The number of carbonyl (C=O) groups excluding carboxylic acids is 1. The molecule has 1 rings (SSSR count). The number of amides is 1. The van der Waals surface area contributed by atoms with Gasteiger partial charge in [0.05, 0.1) is 16.7 Å². The monoisotopic (exact) mass is 255 g/mol. The van der Waals surface area contributed by atoms with E-state index >= 15 is 0 Å². The lowest BCUT2D eigenvalue weighted by Crippen LogP contribution is -2.37. The van der Waals surface area contributed by atoms with Crippen molar-refractivity contribution in [1.29, 1.82) is 0 Å². The standard InChI is InChI=1S/C11H14FN3OS/c1-7(5-10(13)17)15(2)11(16)8-3-4-14-6-9(8)12/h3-4,6-7H,5H2,1-2H3,(H2,13,17). The van der Waals surface area contributed by atoms with Gasteiger partial charge in [-0.1, -0.05) is 12.2 Å². The van der Waals surface area contributed by atoms with Crippen LogP contribution in [0.15, 0.2) is 18.5 Å². The average Bonchev–Trinajstić information content (AvgIpc) is 2.27. The zero-order valence-electron chi connectivity index (χ0n) is 9.68. The van der Waals surface area contributed by atoms with Crippen molar-refractivity contribution in [3.05, 3.63) is 29.8 Å². The highest BCUT2D eigenvalue weighted by Crippen LogP contribution is 2.11. The Balaban J connectivity index is 2.83. The van der Waals surface area contributed by atoms with Crippen LogP contribution in [0.4, 0.5) is 4.39 Å². The van der Waals surface area contributed by atoms with E-state index in [1.165, 1.54) is 17.2 Å². The number of pyridine rings is 1. The smallest absolute Gasteiger partial charge is 0.256 e. The van der Waals surface area contributed by atoms with E-state index in [0.29, 0.717) is 11.4 Å². The number of halogens is 1. The second-order valence-electron chi connectivity index (χ2n) is 3.79. The van der Waals surface area contributed by atoms with Crippen LogP contribution in [0.5, 0.6) is 0 Å². The fourth-order valence-corrected chi connectivity index (χ4v) is 1.61. The lowest BCUT2D eigenvalue weighted by Gasteiger charge is -2.24. The molecule has 4 nitrogen and oxygen atoms in total. The van der Waals surface area contributed by atoms with Gasteiger partial charge >= 0.3 is 0 Å². The summed E-state index contributed by atoms with van der Waals surface area (Å²) in [5.74, 6) is -1.04. The lowest BCUT2D eigenvalue weighted by molar-refractivity contribution is 0.0743. The molecule has 0 aliphatic carbocycles. The minimum atomic E-state index is -0.633. The molecule has 1 atom stereocenters. The number of nitrogens with zero attached hydrogens (tertiary/aromatic N) is 2. The zero-order valence-corrected chi connectivity index (χ0v) is 10.5. The number of hydrogen-bond acceptors (Lipinski definition) is 3. The number of hydrogen-bond donors (Lipinski definition) is 1. The molecule has 0 radical (unpaired) electrons. The Labute approximate surface area is 105 Å². The van der Waals surface area contributed by atoms with E-state index in [-0.39, 0.29) is 11.6 Å². The van der Waals surface area contributed by atoms with Crippen LogP contribution in [0.25, 0.3) is 0 Å². The normalized spacial score (nSPS) is 11.9. The van der Waals surface area contributed by atoms with Crippen LogP contribution >= 0.6 is 12.2 Å². The van der Waals surface area contributed by atoms with Gasteiger partial charge in [0.15, 0.2) is 5.82 Å². The van der Waals surface area contributed by atoms with Gasteiger partial charge in [-0.2, -0.15) is 0 Å². The topological polar surface area (TPSA) is 59.2 Å². The number of nitrogens with two attached hydrogens (primary N) is 1. The second-order valence-corrected chi connectivity index (χ2v) is 4.32. The first-order chi connectivity index (χ1) is 7.93. The van der Waals surface area contributed by atoms with E-state index in [4.69, 9.17) is 18.0 Å². The molecule has 1 aromatic rings. The molecule has 0 aromatic carbocycles. The van der Waals surface area contributed by atoms with Crippen molar-refractivity contribution >= 4 is 23.1 Å². The lowest BCUT2D eigenvalue weighted by atomic mass is 10.1. The van der Waals surface area contributed by atoms with Gasteiger partial charge in [0.2, 0.25) is 0 Å². The van der Waals surface area contributed by atoms with E-state index in [2.05, 4.69) is 4.98 Å². The van der Waals surface area contributed by atoms with Crippen molar-refractivity contribution in [3.63, 3.8) is 0 Å². The highest BCUT2D eigenvalue weighted by atomic mass is 32.1. The first kappa shape index (κ1) is 13.5. The summed E-state index contributed by atoms with van der Waals surface area (Å²) in [6, 6.07) is 1.18. The van der Waals surface area contributed by atoms with Crippen molar-refractivity contribution in [2.75, 3.05) is 7.05 Å². The third kappa shape index (κ3) is 3.45. The Kier molecular flexibility index (Phi) is 4.51. The summed E-state index contributed by atoms with van der Waals surface area (Å²) >= 11 is 4.78. The average molecular weight is 255 g/mol. The van der Waals surface area contributed by atoms with E-state index in [1.54, 1.807) is 14.0 Å². The molecule has 0 bridgehead atoms. The number of aromatic nitrogens is 1. The molecule has 1 unspecified atom stereocenters. The molecule has 0 fully saturated rings. The Morgan fingerprint density at radius 2 is 2.35 bits per heavy atom. The minimum absolute atomic E-state index is 0.00251. The number of thiocarbonyl (C=S) groups is 1. The van der Waals surface area contributed by atoms with Crippen LogP contribution in [0, 0.1) is 5.82 Å². The zero-order chi connectivity index (χ0) is 13.0. The maximum Gasteiger partial charge on any atom is 0.256 e. The Hall–Kier alpha value is -1.56. The molecule has 2 N–H and O–H groups in total. The first-order valence-electron chi connectivity index (χ1n) is 5.08. The molecule has 92 valence electrons. The molecule has 1 amide bonds. The molecule has 1 heterocycles. The van der Waals surface area contributed by atoms with Crippen molar-refractivity contribution in [1.82, 2.24) is 9.88 Å². The quantitative estimate of drug-likeness (QED) is 0.825. The SMILES string of the molecule is CC(CC(N)=S)N(C)C(=O)c1ccncc1F. The van der Waals surface area contributed by atoms with Gasteiger partial charge in [-0.05, 0) is 13.0 Å². The Bertz CT molecular complexity index is 438. The van der Waals surface area contributed by atoms with Crippen LogP contribution in [0.2, 0.25) is 0 Å². The summed E-state index contributed by atoms with van der Waals surface area (Å²) in [5, 5.41) is 0. The van der Waals surface area contributed by atoms with Crippen LogP contribution < -0.4 is 5.73 Å². The van der Waals surface area contributed by atoms with E-state index in [1.807, 2.05) is 0 Å². The van der Waals surface area contributed by atoms with Gasteiger partial charge in [-0.25, -0.2) is 4.39 Å². The highest BCUT2D eigenvalue weighted by molar-refractivity contribution is 7.80. The van der Waals surface area contributed by atoms with Crippen molar-refractivity contribution < 1.29 is 9.18 Å². The molecule has 1 aromatic heterocycles. The van der Waals surface area contributed by atoms with Gasteiger partial charge < -0.3 is 10.6 Å². The van der Waals surface area contributed by atoms with Crippen molar-refractivity contribution in [2.45, 2.75) is 19.4 Å². The maximum atomic E-state index is 13.4. The Morgan fingerprint density at radius 3 is 2.88 bits per heavy atom. The van der Waals surface area contributed by atoms with Crippen LogP contribution in [-0.2, 0) is 0 Å². The van der Waals surface area contributed by atoms with Crippen molar-refractivity contribution in [2.24, 2.45) is 5.73 Å². The first-order valence-corrected chi connectivity index (χ1v) is 5.49. The van der Waals surface area contributed by atoms with Gasteiger partial charge in [-0.15, -0.1) is 0 Å². The molecular formula is C11H14FN3OS. The van der Waals surface area contributed by atoms with Gasteiger partial charge in [-0.3, -0.25) is 9.78 Å². The van der Waals surface area contributed by atoms with E-state index in [0.717, 1.165) is 6.20 Å². The van der Waals surface area contributed by atoms with E-state index in [9.17, 15) is 9.18 Å². The number of rotatable bonds is 4. The largest absolute Gasteiger partial charge is 0.393 e. The third-order valence-electron chi connectivity index (χ3n) is 2.48. The third-order valence-corrected chi connectivity index (χ3v) is 2.65. The highest BCUT2D eigenvalue weighted by Gasteiger charge is 2.20. The van der Waals surface area contributed by atoms with Crippen LogP contribution in [0.3, 0.4) is 0 Å². The predicted octanol–water partition coefficient (Wildman–Crippen LogP) is 1.36. The molecule has 0 aliphatic rings. The fourth-order valence-electron chi connectivity index (χ4n) is 1.37. The number of carbonyl (C=O) groups is 1. The summed E-state index contributed by atoms with van der Waals surface area (Å²) < 4.78 is 13.4. The summed E-state index contributed by atoms with van der Waals surface area (Å²) in [6.45, 7) is 1.80. The molecular weight excluding hydrogens is 241 g/mol.